The quantitative estimate of drug-likeness (QED) is 0.905. The van der Waals surface area contributed by atoms with Crippen molar-refractivity contribution in [3.63, 3.8) is 0 Å². The van der Waals surface area contributed by atoms with E-state index >= 15 is 0 Å². The molecule has 2 aromatic rings. The number of nitrogens with one attached hydrogen (secondary N) is 1. The molecule has 0 spiro atoms. The summed E-state index contributed by atoms with van der Waals surface area (Å²) in [5, 5.41) is 4.21. The summed E-state index contributed by atoms with van der Waals surface area (Å²) in [6.07, 6.45) is 3.77. The number of halogens is 1. The van der Waals surface area contributed by atoms with Gasteiger partial charge in [0.05, 0.1) is 5.69 Å². The molecule has 0 unspecified atom stereocenters. The summed E-state index contributed by atoms with van der Waals surface area (Å²) in [6.45, 7) is 8.24. The molecule has 4 heteroatoms. The van der Waals surface area contributed by atoms with Crippen molar-refractivity contribution in [2.24, 2.45) is 5.92 Å². The predicted octanol–water partition coefficient (Wildman–Crippen LogP) is 3.58. The SMILES string of the molecule is Cc1nccn1-c1cc(Cl)ccc1CNCC(C)C. The summed E-state index contributed by atoms with van der Waals surface area (Å²) in [6, 6.07) is 6.00. The van der Waals surface area contributed by atoms with Crippen LogP contribution in [0.25, 0.3) is 5.69 Å². The molecule has 1 aromatic carbocycles. The van der Waals surface area contributed by atoms with Gasteiger partial charge in [-0.15, -0.1) is 0 Å². The van der Waals surface area contributed by atoms with Crippen LogP contribution in [0.1, 0.15) is 25.2 Å². The second kappa shape index (κ2) is 6.22. The molecule has 0 radical (unpaired) electrons. The number of imidazole rings is 1. The summed E-state index contributed by atoms with van der Waals surface area (Å²) < 4.78 is 2.07. The highest BCUT2D eigenvalue weighted by Gasteiger charge is 2.08. The molecule has 0 aliphatic rings. The zero-order valence-corrected chi connectivity index (χ0v) is 12.4. The van der Waals surface area contributed by atoms with Crippen molar-refractivity contribution in [1.82, 2.24) is 14.9 Å². The summed E-state index contributed by atoms with van der Waals surface area (Å²) in [4.78, 5) is 4.27. The second-order valence-corrected chi connectivity index (χ2v) is 5.58. The fourth-order valence-corrected chi connectivity index (χ4v) is 2.21. The second-order valence-electron chi connectivity index (χ2n) is 5.14. The van der Waals surface area contributed by atoms with Gasteiger partial charge in [-0.1, -0.05) is 31.5 Å². The van der Waals surface area contributed by atoms with Gasteiger partial charge in [-0.25, -0.2) is 4.98 Å². The number of aromatic nitrogens is 2. The number of rotatable bonds is 5. The lowest BCUT2D eigenvalue weighted by Gasteiger charge is -2.14. The van der Waals surface area contributed by atoms with Crippen LogP contribution in [0.5, 0.6) is 0 Å². The highest BCUT2D eigenvalue weighted by atomic mass is 35.5. The Labute approximate surface area is 119 Å². The van der Waals surface area contributed by atoms with E-state index in [1.54, 1.807) is 0 Å². The Morgan fingerprint density at radius 1 is 1.37 bits per heavy atom. The summed E-state index contributed by atoms with van der Waals surface area (Å²) >= 11 is 6.12. The van der Waals surface area contributed by atoms with Gasteiger partial charge in [0.2, 0.25) is 0 Å². The van der Waals surface area contributed by atoms with Gasteiger partial charge in [-0.3, -0.25) is 0 Å². The first-order valence-electron chi connectivity index (χ1n) is 6.57. The van der Waals surface area contributed by atoms with Crippen molar-refractivity contribution >= 4 is 11.6 Å². The van der Waals surface area contributed by atoms with E-state index in [-0.39, 0.29) is 0 Å². The summed E-state index contributed by atoms with van der Waals surface area (Å²) in [5.74, 6) is 1.61. The molecule has 1 heterocycles. The third-order valence-corrected chi connectivity index (χ3v) is 3.24. The third kappa shape index (κ3) is 3.58. The molecule has 0 aliphatic heterocycles. The maximum absolute atomic E-state index is 6.12. The molecule has 102 valence electrons. The molecule has 0 fully saturated rings. The van der Waals surface area contributed by atoms with Crippen LogP contribution < -0.4 is 5.32 Å². The van der Waals surface area contributed by atoms with E-state index < -0.39 is 0 Å². The average Bonchev–Trinajstić information content (AvgIpc) is 2.77. The Balaban J connectivity index is 2.26. The van der Waals surface area contributed by atoms with E-state index in [1.807, 2.05) is 31.5 Å². The van der Waals surface area contributed by atoms with Gasteiger partial charge >= 0.3 is 0 Å². The van der Waals surface area contributed by atoms with Crippen LogP contribution in [0, 0.1) is 12.8 Å². The largest absolute Gasteiger partial charge is 0.312 e. The van der Waals surface area contributed by atoms with E-state index in [2.05, 4.69) is 34.8 Å². The van der Waals surface area contributed by atoms with Gasteiger partial charge in [0.25, 0.3) is 0 Å². The monoisotopic (exact) mass is 277 g/mol. The first-order valence-corrected chi connectivity index (χ1v) is 6.95. The Morgan fingerprint density at radius 3 is 2.79 bits per heavy atom. The van der Waals surface area contributed by atoms with Crippen LogP contribution in [0.3, 0.4) is 0 Å². The van der Waals surface area contributed by atoms with Crippen LogP contribution in [0.15, 0.2) is 30.6 Å². The van der Waals surface area contributed by atoms with Gasteiger partial charge < -0.3 is 9.88 Å². The fraction of sp³-hybridized carbons (Fsp3) is 0.400. The lowest BCUT2D eigenvalue weighted by molar-refractivity contribution is 0.551. The summed E-state index contributed by atoms with van der Waals surface area (Å²) in [5.41, 5.74) is 2.32. The van der Waals surface area contributed by atoms with Gasteiger partial charge in [-0.2, -0.15) is 0 Å². The minimum Gasteiger partial charge on any atom is -0.312 e. The molecular formula is C15H20ClN3. The topological polar surface area (TPSA) is 29.9 Å². The first-order chi connectivity index (χ1) is 9.08. The lowest BCUT2D eigenvalue weighted by atomic mass is 10.1. The van der Waals surface area contributed by atoms with E-state index in [1.165, 1.54) is 5.56 Å². The maximum atomic E-state index is 6.12. The molecule has 2 rings (SSSR count). The predicted molar refractivity (Wildman–Crippen MR) is 79.9 cm³/mol. The molecule has 0 amide bonds. The maximum Gasteiger partial charge on any atom is 0.110 e. The van der Waals surface area contributed by atoms with E-state index in [0.717, 1.165) is 29.6 Å². The Bertz CT molecular complexity index is 546. The Kier molecular flexibility index (Phi) is 4.61. The number of benzene rings is 1. The number of hydrogen-bond donors (Lipinski definition) is 1. The lowest BCUT2D eigenvalue weighted by Crippen LogP contribution is -2.20. The molecular weight excluding hydrogens is 258 g/mol. The zero-order valence-electron chi connectivity index (χ0n) is 11.7. The van der Waals surface area contributed by atoms with Gasteiger partial charge in [0.15, 0.2) is 0 Å². The third-order valence-electron chi connectivity index (χ3n) is 3.00. The minimum atomic E-state index is 0.644. The zero-order chi connectivity index (χ0) is 13.8. The summed E-state index contributed by atoms with van der Waals surface area (Å²) in [7, 11) is 0. The molecule has 1 aromatic heterocycles. The van der Waals surface area contributed by atoms with Gasteiger partial charge in [-0.05, 0) is 37.1 Å². The average molecular weight is 278 g/mol. The number of nitrogens with zero attached hydrogens (tertiary/aromatic N) is 2. The smallest absolute Gasteiger partial charge is 0.110 e. The highest BCUT2D eigenvalue weighted by Crippen LogP contribution is 2.21. The number of hydrogen-bond acceptors (Lipinski definition) is 2. The Hall–Kier alpha value is -1.32. The Morgan fingerprint density at radius 2 is 2.16 bits per heavy atom. The van der Waals surface area contributed by atoms with Crippen LogP contribution in [-0.4, -0.2) is 16.1 Å². The molecule has 0 aliphatic carbocycles. The van der Waals surface area contributed by atoms with Gasteiger partial charge in [0, 0.05) is 24.0 Å². The highest BCUT2D eigenvalue weighted by molar-refractivity contribution is 6.30. The molecule has 0 saturated heterocycles. The molecule has 0 saturated carbocycles. The van der Waals surface area contributed by atoms with Crippen molar-refractivity contribution in [3.05, 3.63) is 47.0 Å². The van der Waals surface area contributed by atoms with Crippen molar-refractivity contribution in [2.75, 3.05) is 6.54 Å². The van der Waals surface area contributed by atoms with Crippen LogP contribution >= 0.6 is 11.6 Å². The molecule has 3 nitrogen and oxygen atoms in total. The van der Waals surface area contributed by atoms with E-state index in [4.69, 9.17) is 11.6 Å². The van der Waals surface area contributed by atoms with Crippen LogP contribution in [-0.2, 0) is 6.54 Å². The van der Waals surface area contributed by atoms with Crippen molar-refractivity contribution in [3.8, 4) is 5.69 Å². The number of aryl methyl sites for hydroxylation is 1. The van der Waals surface area contributed by atoms with Crippen molar-refractivity contribution in [1.29, 1.82) is 0 Å². The first kappa shape index (κ1) is 14.1. The van der Waals surface area contributed by atoms with Crippen molar-refractivity contribution in [2.45, 2.75) is 27.3 Å². The standard InChI is InChI=1S/C15H20ClN3/c1-11(2)9-17-10-13-4-5-14(16)8-15(13)19-7-6-18-12(19)3/h4-8,11,17H,9-10H2,1-3H3. The fourth-order valence-electron chi connectivity index (χ4n) is 2.04. The van der Waals surface area contributed by atoms with Crippen LogP contribution in [0.2, 0.25) is 5.02 Å². The molecule has 19 heavy (non-hydrogen) atoms. The van der Waals surface area contributed by atoms with Crippen LogP contribution in [0.4, 0.5) is 0 Å². The van der Waals surface area contributed by atoms with E-state index in [9.17, 15) is 0 Å². The molecule has 1 N–H and O–H groups in total. The molecule has 0 atom stereocenters. The molecule has 0 bridgehead atoms. The van der Waals surface area contributed by atoms with E-state index in [0.29, 0.717) is 5.92 Å². The van der Waals surface area contributed by atoms with Gasteiger partial charge in [0.1, 0.15) is 5.82 Å². The minimum absolute atomic E-state index is 0.644. The van der Waals surface area contributed by atoms with Crippen molar-refractivity contribution < 1.29 is 0 Å². The normalized spacial score (nSPS) is 11.2.